The number of carboxylic acid groups (broad SMARTS) is 1. The number of carbonyl (C=O) groups is 2. The van der Waals surface area contributed by atoms with Gasteiger partial charge in [0.1, 0.15) is 0 Å². The zero-order valence-corrected chi connectivity index (χ0v) is 19.0. The molecule has 0 bridgehead atoms. The summed E-state index contributed by atoms with van der Waals surface area (Å²) in [6, 6.07) is 6.36. The van der Waals surface area contributed by atoms with E-state index in [1.54, 1.807) is 0 Å². The lowest BCUT2D eigenvalue weighted by molar-refractivity contribution is -0.122. The largest absolute Gasteiger partial charge is 0.483 e. The Labute approximate surface area is 183 Å². The van der Waals surface area contributed by atoms with Crippen molar-refractivity contribution >= 4 is 23.4 Å². The number of aryl methyl sites for hydroxylation is 2. The first kappa shape index (κ1) is 23.0. The van der Waals surface area contributed by atoms with Gasteiger partial charge in [0.2, 0.25) is 0 Å². The molecule has 2 N–H and O–H groups in total. The number of aromatic nitrogens is 2. The van der Waals surface area contributed by atoms with Crippen molar-refractivity contribution in [3.8, 4) is 0 Å². The number of piperazine rings is 1. The molecule has 0 radical (unpaired) electrons. The Bertz CT molecular complexity index is 919. The van der Waals surface area contributed by atoms with Gasteiger partial charge >= 0.3 is 6.03 Å². The Morgan fingerprint density at radius 3 is 2.55 bits per heavy atom. The van der Waals surface area contributed by atoms with Gasteiger partial charge in [-0.15, -0.1) is 0 Å². The van der Waals surface area contributed by atoms with Gasteiger partial charge in [0.15, 0.2) is 0 Å². The second kappa shape index (κ2) is 9.65. The average molecular weight is 431 g/mol. The van der Waals surface area contributed by atoms with Crippen LogP contribution in [0.3, 0.4) is 0 Å². The van der Waals surface area contributed by atoms with E-state index >= 15 is 0 Å². The Morgan fingerprint density at radius 2 is 1.87 bits per heavy atom. The molecule has 170 valence electrons. The molecule has 31 heavy (non-hydrogen) atoms. The van der Waals surface area contributed by atoms with Gasteiger partial charge in [0, 0.05) is 37.6 Å². The number of carbonyl (C=O) groups excluding carboxylic acids is 1. The summed E-state index contributed by atoms with van der Waals surface area (Å²) in [6.07, 6.45) is 2.24. The molecule has 2 fully saturated rings. The van der Waals surface area contributed by atoms with Crippen molar-refractivity contribution in [2.45, 2.75) is 31.8 Å². The van der Waals surface area contributed by atoms with Crippen molar-refractivity contribution in [3.63, 3.8) is 0 Å². The standard InChI is InChI=1S/C21H32N6O.CH2O2/c1-16-5-6-19-17(13-16)18(23-26(19)4)14-22-20(28)27-12-11-25(3)21(15-27)7-9-24(2)10-8-21;2-1-3/h5-6,13H,7-12,14-15H2,1-4H3,(H,22,28);1H,(H,2,3). The number of urea groups is 1. The molecular weight excluding hydrogens is 396 g/mol. The second-order valence-electron chi connectivity index (χ2n) is 8.73. The molecule has 0 unspecified atom stereocenters. The summed E-state index contributed by atoms with van der Waals surface area (Å²) < 4.78 is 1.89. The van der Waals surface area contributed by atoms with Crippen LogP contribution >= 0.6 is 0 Å². The van der Waals surface area contributed by atoms with Gasteiger partial charge in [-0.25, -0.2) is 4.79 Å². The minimum atomic E-state index is -0.250. The number of piperidine rings is 1. The lowest BCUT2D eigenvalue weighted by Gasteiger charge is -2.52. The topological polar surface area (TPSA) is 93.9 Å². The summed E-state index contributed by atoms with van der Waals surface area (Å²) in [7, 11) is 6.34. The molecule has 2 amide bonds. The van der Waals surface area contributed by atoms with Crippen molar-refractivity contribution < 1.29 is 14.7 Å². The highest BCUT2D eigenvalue weighted by Crippen LogP contribution is 2.31. The van der Waals surface area contributed by atoms with Crippen LogP contribution in [0, 0.1) is 6.92 Å². The molecule has 0 saturated carbocycles. The Balaban J connectivity index is 0.000000858. The van der Waals surface area contributed by atoms with Gasteiger partial charge in [-0.3, -0.25) is 14.4 Å². The average Bonchev–Trinajstić information content (AvgIpc) is 3.05. The highest BCUT2D eigenvalue weighted by atomic mass is 16.3. The maximum atomic E-state index is 12.9. The number of amides is 2. The van der Waals surface area contributed by atoms with E-state index in [1.165, 1.54) is 5.56 Å². The maximum Gasteiger partial charge on any atom is 0.317 e. The van der Waals surface area contributed by atoms with Crippen LogP contribution < -0.4 is 5.32 Å². The molecule has 4 rings (SSSR count). The molecule has 2 aliphatic heterocycles. The number of nitrogens with one attached hydrogen (secondary N) is 1. The van der Waals surface area contributed by atoms with Crippen LogP contribution in [-0.4, -0.2) is 94.4 Å². The van der Waals surface area contributed by atoms with Crippen molar-refractivity contribution in [3.05, 3.63) is 29.5 Å². The molecule has 1 aromatic heterocycles. The Hall–Kier alpha value is -2.65. The van der Waals surface area contributed by atoms with E-state index in [1.807, 2.05) is 16.6 Å². The quantitative estimate of drug-likeness (QED) is 0.702. The predicted octanol–water partition coefficient (Wildman–Crippen LogP) is 1.50. The normalized spacial score (nSPS) is 19.2. The predicted molar refractivity (Wildman–Crippen MR) is 120 cm³/mol. The summed E-state index contributed by atoms with van der Waals surface area (Å²) in [6.45, 7) is 7.01. The molecule has 0 aliphatic carbocycles. The van der Waals surface area contributed by atoms with E-state index in [0.717, 1.165) is 62.2 Å². The summed E-state index contributed by atoms with van der Waals surface area (Å²) in [5.74, 6) is 0. The lowest BCUT2D eigenvalue weighted by atomic mass is 9.84. The third-order valence-electron chi connectivity index (χ3n) is 6.69. The number of benzene rings is 1. The van der Waals surface area contributed by atoms with E-state index < -0.39 is 0 Å². The first-order valence-corrected chi connectivity index (χ1v) is 10.7. The second-order valence-corrected chi connectivity index (χ2v) is 8.73. The number of hydrogen-bond donors (Lipinski definition) is 2. The summed E-state index contributed by atoms with van der Waals surface area (Å²) in [5, 5.41) is 15.8. The molecule has 2 saturated heterocycles. The number of nitrogens with zero attached hydrogens (tertiary/aromatic N) is 5. The van der Waals surface area contributed by atoms with Crippen molar-refractivity contribution in [2.75, 3.05) is 46.8 Å². The third-order valence-corrected chi connectivity index (χ3v) is 6.69. The minimum Gasteiger partial charge on any atom is -0.483 e. The van der Waals surface area contributed by atoms with Crippen molar-refractivity contribution in [1.82, 2.24) is 29.8 Å². The van der Waals surface area contributed by atoms with E-state index in [4.69, 9.17) is 9.90 Å². The van der Waals surface area contributed by atoms with Gasteiger partial charge in [-0.05, 0) is 59.1 Å². The molecule has 9 heteroatoms. The zero-order valence-electron chi connectivity index (χ0n) is 19.0. The van der Waals surface area contributed by atoms with Gasteiger partial charge in [-0.2, -0.15) is 5.10 Å². The zero-order chi connectivity index (χ0) is 22.6. The summed E-state index contributed by atoms with van der Waals surface area (Å²) in [4.78, 5) is 28.1. The molecule has 9 nitrogen and oxygen atoms in total. The Kier molecular flexibility index (Phi) is 7.17. The van der Waals surface area contributed by atoms with Crippen LogP contribution in [0.5, 0.6) is 0 Å². The van der Waals surface area contributed by atoms with Gasteiger partial charge < -0.3 is 20.2 Å². The van der Waals surface area contributed by atoms with Gasteiger partial charge in [0.05, 0.1) is 17.8 Å². The van der Waals surface area contributed by atoms with Gasteiger partial charge in [-0.1, -0.05) is 11.6 Å². The van der Waals surface area contributed by atoms with Gasteiger partial charge in [0.25, 0.3) is 6.47 Å². The van der Waals surface area contributed by atoms with Crippen LogP contribution in [0.4, 0.5) is 4.79 Å². The van der Waals surface area contributed by atoms with Crippen LogP contribution in [0.25, 0.3) is 10.9 Å². The highest BCUT2D eigenvalue weighted by Gasteiger charge is 2.42. The summed E-state index contributed by atoms with van der Waals surface area (Å²) in [5.41, 5.74) is 3.35. The van der Waals surface area contributed by atoms with E-state index in [2.05, 4.69) is 59.4 Å². The van der Waals surface area contributed by atoms with Crippen LogP contribution in [-0.2, 0) is 18.4 Å². The molecule has 3 heterocycles. The SMILES string of the molecule is Cc1ccc2c(c1)c(CNC(=O)N1CCN(C)C3(CCN(C)CC3)C1)nn2C.O=CO. The van der Waals surface area contributed by atoms with Crippen LogP contribution in [0.1, 0.15) is 24.1 Å². The van der Waals surface area contributed by atoms with E-state index in [9.17, 15) is 4.79 Å². The molecule has 1 spiro atoms. The van der Waals surface area contributed by atoms with Crippen molar-refractivity contribution in [1.29, 1.82) is 0 Å². The number of rotatable bonds is 2. The van der Waals surface area contributed by atoms with Crippen LogP contribution in [0.15, 0.2) is 18.2 Å². The Morgan fingerprint density at radius 1 is 1.19 bits per heavy atom. The minimum absolute atomic E-state index is 0.0258. The smallest absolute Gasteiger partial charge is 0.317 e. The van der Waals surface area contributed by atoms with Crippen LogP contribution in [0.2, 0.25) is 0 Å². The molecule has 1 aromatic carbocycles. The fourth-order valence-corrected chi connectivity index (χ4v) is 4.66. The molecular formula is C22H34N6O3. The number of hydrogen-bond acceptors (Lipinski definition) is 5. The summed E-state index contributed by atoms with van der Waals surface area (Å²) >= 11 is 0. The van der Waals surface area contributed by atoms with Crippen molar-refractivity contribution in [2.24, 2.45) is 7.05 Å². The van der Waals surface area contributed by atoms with E-state index in [0.29, 0.717) is 6.54 Å². The first-order valence-electron chi connectivity index (χ1n) is 10.7. The number of likely N-dealkylation sites (tertiary alicyclic amines) is 1. The highest BCUT2D eigenvalue weighted by molar-refractivity contribution is 5.83. The fourth-order valence-electron chi connectivity index (χ4n) is 4.66. The number of fused-ring (bicyclic) bond motifs is 1. The molecule has 0 atom stereocenters. The number of likely N-dealkylation sites (N-methyl/N-ethyl adjacent to an activating group) is 1. The maximum absolute atomic E-state index is 12.9. The lowest BCUT2D eigenvalue weighted by Crippen LogP contribution is -2.65. The molecule has 2 aromatic rings. The fraction of sp³-hybridized carbons (Fsp3) is 0.591. The first-order chi connectivity index (χ1) is 14.8. The van der Waals surface area contributed by atoms with E-state index in [-0.39, 0.29) is 18.0 Å². The molecule has 2 aliphatic rings. The third kappa shape index (κ3) is 4.99. The monoisotopic (exact) mass is 430 g/mol.